The maximum atomic E-state index is 12.4. The van der Waals surface area contributed by atoms with Gasteiger partial charge in [-0.05, 0) is 31.4 Å². The molecule has 1 amide bonds. The Morgan fingerprint density at radius 3 is 2.81 bits per heavy atom. The molecule has 0 aliphatic carbocycles. The molecule has 2 heterocycles. The van der Waals surface area contributed by atoms with Crippen LogP contribution in [0.15, 0.2) is 24.3 Å². The van der Waals surface area contributed by atoms with Crippen molar-refractivity contribution in [1.29, 1.82) is 0 Å². The van der Waals surface area contributed by atoms with Crippen molar-refractivity contribution >= 4 is 21.4 Å². The highest BCUT2D eigenvalue weighted by Crippen LogP contribution is 2.28. The van der Waals surface area contributed by atoms with E-state index in [2.05, 4.69) is 10.6 Å². The van der Waals surface area contributed by atoms with E-state index in [9.17, 15) is 13.2 Å². The highest BCUT2D eigenvalue weighted by molar-refractivity contribution is 7.91. The number of fused-ring (bicyclic) bond motifs is 1. The molecule has 3 rings (SSSR count). The van der Waals surface area contributed by atoms with Crippen molar-refractivity contribution in [3.05, 3.63) is 29.8 Å². The fourth-order valence-electron chi connectivity index (χ4n) is 3.14. The summed E-state index contributed by atoms with van der Waals surface area (Å²) in [6.07, 6.45) is 1.22. The van der Waals surface area contributed by atoms with Crippen LogP contribution in [-0.2, 0) is 21.1 Å². The van der Waals surface area contributed by atoms with Gasteiger partial charge in [-0.2, -0.15) is 0 Å². The number of benzene rings is 1. The second-order valence-corrected chi connectivity index (χ2v) is 8.24. The third kappa shape index (κ3) is 3.05. The van der Waals surface area contributed by atoms with E-state index in [0.29, 0.717) is 12.8 Å². The molecule has 6 heteroatoms. The van der Waals surface area contributed by atoms with E-state index in [1.54, 1.807) is 0 Å². The van der Waals surface area contributed by atoms with E-state index < -0.39 is 9.84 Å². The molecule has 3 unspecified atom stereocenters. The van der Waals surface area contributed by atoms with Gasteiger partial charge in [0.15, 0.2) is 9.84 Å². The minimum absolute atomic E-state index is 0.0397. The number of para-hydroxylation sites is 1. The van der Waals surface area contributed by atoms with Gasteiger partial charge in [-0.15, -0.1) is 0 Å². The van der Waals surface area contributed by atoms with E-state index in [1.165, 1.54) is 0 Å². The molecular weight excluding hydrogens is 288 g/mol. The van der Waals surface area contributed by atoms with Gasteiger partial charge in [-0.1, -0.05) is 18.2 Å². The van der Waals surface area contributed by atoms with Crippen molar-refractivity contribution in [2.24, 2.45) is 5.92 Å². The van der Waals surface area contributed by atoms with Gasteiger partial charge in [-0.25, -0.2) is 8.42 Å². The number of anilines is 1. The summed E-state index contributed by atoms with van der Waals surface area (Å²) in [5, 5.41) is 6.26. The zero-order valence-electron chi connectivity index (χ0n) is 12.0. The van der Waals surface area contributed by atoms with Crippen molar-refractivity contribution < 1.29 is 13.2 Å². The van der Waals surface area contributed by atoms with Gasteiger partial charge in [0.1, 0.15) is 0 Å². The Hall–Kier alpha value is -1.56. The number of nitrogens with one attached hydrogen (secondary N) is 2. The molecule has 0 bridgehead atoms. The van der Waals surface area contributed by atoms with E-state index in [1.807, 2.05) is 31.2 Å². The monoisotopic (exact) mass is 308 g/mol. The molecule has 5 nitrogen and oxygen atoms in total. The second kappa shape index (κ2) is 5.33. The van der Waals surface area contributed by atoms with E-state index in [0.717, 1.165) is 11.3 Å². The lowest BCUT2D eigenvalue weighted by molar-refractivity contribution is -0.126. The molecule has 1 aromatic rings. The Balaban J connectivity index is 1.68. The lowest BCUT2D eigenvalue weighted by Crippen LogP contribution is -2.47. The molecule has 1 aromatic carbocycles. The fraction of sp³-hybridized carbons (Fsp3) is 0.533. The molecule has 114 valence electrons. The lowest BCUT2D eigenvalue weighted by Gasteiger charge is -2.32. The molecular formula is C15H20N2O3S. The van der Waals surface area contributed by atoms with Gasteiger partial charge in [0.2, 0.25) is 5.91 Å². The van der Waals surface area contributed by atoms with E-state index >= 15 is 0 Å². The van der Waals surface area contributed by atoms with Crippen LogP contribution < -0.4 is 10.6 Å². The van der Waals surface area contributed by atoms with E-state index in [4.69, 9.17) is 0 Å². The molecule has 3 atom stereocenters. The van der Waals surface area contributed by atoms with Crippen molar-refractivity contribution in [3.8, 4) is 0 Å². The standard InChI is InChI=1S/C15H20N2O3S/c1-10-13(8-11-4-2-3-5-14(11)16-10)15(18)17-12-6-7-21(19,20)9-12/h2-5,10,12-13,16H,6-9H2,1H3,(H,17,18). The van der Waals surface area contributed by atoms with Crippen LogP contribution in [0.4, 0.5) is 5.69 Å². The summed E-state index contributed by atoms with van der Waals surface area (Å²) in [7, 11) is -2.96. The third-order valence-corrected chi connectivity index (χ3v) is 6.13. The number of sulfone groups is 1. The second-order valence-electron chi connectivity index (χ2n) is 6.01. The molecule has 2 aliphatic heterocycles. The van der Waals surface area contributed by atoms with Crippen LogP contribution in [0.1, 0.15) is 18.9 Å². The van der Waals surface area contributed by atoms with Crippen molar-refractivity contribution in [3.63, 3.8) is 0 Å². The van der Waals surface area contributed by atoms with Crippen molar-refractivity contribution in [1.82, 2.24) is 5.32 Å². The van der Waals surface area contributed by atoms with Crippen molar-refractivity contribution in [2.75, 3.05) is 16.8 Å². The first kappa shape index (κ1) is 14.4. The molecule has 0 saturated carbocycles. The van der Waals surface area contributed by atoms with Crippen LogP contribution in [0.3, 0.4) is 0 Å². The number of hydrogen-bond acceptors (Lipinski definition) is 4. The Morgan fingerprint density at radius 2 is 2.10 bits per heavy atom. The smallest absolute Gasteiger partial charge is 0.225 e. The zero-order chi connectivity index (χ0) is 15.0. The lowest BCUT2D eigenvalue weighted by atomic mass is 9.87. The van der Waals surface area contributed by atoms with Gasteiger partial charge in [0.05, 0.1) is 17.4 Å². The Labute approximate surface area is 125 Å². The maximum Gasteiger partial charge on any atom is 0.225 e. The summed E-state index contributed by atoms with van der Waals surface area (Å²) in [5.41, 5.74) is 2.22. The van der Waals surface area contributed by atoms with Crippen LogP contribution in [0, 0.1) is 5.92 Å². The van der Waals surface area contributed by atoms with Crippen LogP contribution >= 0.6 is 0 Å². The quantitative estimate of drug-likeness (QED) is 0.853. The molecule has 0 spiro atoms. The summed E-state index contributed by atoms with van der Waals surface area (Å²) in [6.45, 7) is 1.99. The number of rotatable bonds is 2. The fourth-order valence-corrected chi connectivity index (χ4v) is 4.81. The van der Waals surface area contributed by atoms with Gasteiger partial charge >= 0.3 is 0 Å². The first-order chi connectivity index (χ1) is 9.94. The highest BCUT2D eigenvalue weighted by Gasteiger charge is 2.34. The minimum Gasteiger partial charge on any atom is -0.382 e. The first-order valence-corrected chi connectivity index (χ1v) is 9.12. The van der Waals surface area contributed by atoms with Gasteiger partial charge < -0.3 is 10.6 Å². The van der Waals surface area contributed by atoms with Gasteiger partial charge in [0.25, 0.3) is 0 Å². The largest absolute Gasteiger partial charge is 0.382 e. The zero-order valence-corrected chi connectivity index (χ0v) is 12.8. The molecule has 2 aliphatic rings. The van der Waals surface area contributed by atoms with E-state index in [-0.39, 0.29) is 35.4 Å². The third-order valence-electron chi connectivity index (χ3n) is 4.36. The molecule has 21 heavy (non-hydrogen) atoms. The topological polar surface area (TPSA) is 75.3 Å². The summed E-state index contributed by atoms with van der Waals surface area (Å²) in [6, 6.07) is 7.79. The summed E-state index contributed by atoms with van der Waals surface area (Å²) < 4.78 is 22.9. The average molecular weight is 308 g/mol. The average Bonchev–Trinajstić information content (AvgIpc) is 2.77. The first-order valence-electron chi connectivity index (χ1n) is 7.30. The predicted octanol–water partition coefficient (Wildman–Crippen LogP) is 0.963. The number of carbonyl (C=O) groups excluding carboxylic acids is 1. The molecule has 0 radical (unpaired) electrons. The summed E-state index contributed by atoms with van der Waals surface area (Å²) >= 11 is 0. The minimum atomic E-state index is -2.96. The molecule has 2 N–H and O–H groups in total. The predicted molar refractivity (Wildman–Crippen MR) is 81.9 cm³/mol. The van der Waals surface area contributed by atoms with Crippen LogP contribution in [0.25, 0.3) is 0 Å². The van der Waals surface area contributed by atoms with Gasteiger partial charge in [0, 0.05) is 17.8 Å². The number of carbonyl (C=O) groups is 1. The number of hydrogen-bond donors (Lipinski definition) is 2. The normalized spacial score (nSPS) is 30.2. The number of amides is 1. The maximum absolute atomic E-state index is 12.4. The van der Waals surface area contributed by atoms with Crippen LogP contribution in [0.2, 0.25) is 0 Å². The molecule has 1 fully saturated rings. The molecule has 1 saturated heterocycles. The Morgan fingerprint density at radius 1 is 1.33 bits per heavy atom. The van der Waals surface area contributed by atoms with Crippen LogP contribution in [0.5, 0.6) is 0 Å². The van der Waals surface area contributed by atoms with Gasteiger partial charge in [-0.3, -0.25) is 4.79 Å². The Bertz CT molecular complexity index is 657. The Kier molecular flexibility index (Phi) is 3.65. The SMILES string of the molecule is CC1Nc2ccccc2CC1C(=O)NC1CCS(=O)(=O)C1. The highest BCUT2D eigenvalue weighted by atomic mass is 32.2. The van der Waals surface area contributed by atoms with Crippen LogP contribution in [-0.4, -0.2) is 37.9 Å². The van der Waals surface area contributed by atoms with Crippen molar-refractivity contribution in [2.45, 2.75) is 31.8 Å². The molecule has 0 aromatic heterocycles. The summed E-state index contributed by atoms with van der Waals surface area (Å²) in [4.78, 5) is 12.4. The summed E-state index contributed by atoms with van der Waals surface area (Å²) in [5.74, 6) is 0.0399.